The molecule has 1 N–H and O–H groups in total. The summed E-state index contributed by atoms with van der Waals surface area (Å²) in [5.41, 5.74) is -2.78. The maximum absolute atomic E-state index is 13.0. The fourth-order valence-corrected chi connectivity index (χ4v) is 3.04. The number of carbonyl (C=O) groups is 2. The second kappa shape index (κ2) is 7.65. The predicted octanol–water partition coefficient (Wildman–Crippen LogP) is 3.46. The zero-order chi connectivity index (χ0) is 22.1. The molecule has 158 valence electrons. The topological polar surface area (TPSA) is 102 Å². The molecule has 11 heteroatoms. The van der Waals surface area contributed by atoms with Gasteiger partial charge in [-0.1, -0.05) is 18.2 Å². The van der Waals surface area contributed by atoms with Gasteiger partial charge in [0.25, 0.3) is 11.6 Å². The Labute approximate surface area is 168 Å². The maximum Gasteiger partial charge on any atom is 0.416 e. The summed E-state index contributed by atoms with van der Waals surface area (Å²) in [4.78, 5) is 36.1. The van der Waals surface area contributed by atoms with Gasteiger partial charge in [0.1, 0.15) is 17.9 Å². The highest BCUT2D eigenvalue weighted by atomic mass is 19.4. The van der Waals surface area contributed by atoms with Gasteiger partial charge in [0.15, 0.2) is 0 Å². The summed E-state index contributed by atoms with van der Waals surface area (Å²) in [5.74, 6) is -0.550. The first-order chi connectivity index (χ1) is 14.0. The smallest absolute Gasteiger partial charge is 0.416 e. The number of nitrogens with one attached hydrogen (secondary N) is 1. The Morgan fingerprint density at radius 3 is 2.53 bits per heavy atom. The summed E-state index contributed by atoms with van der Waals surface area (Å²) in [6.07, 6.45) is -4.59. The van der Waals surface area contributed by atoms with Gasteiger partial charge in [-0.15, -0.1) is 0 Å². The minimum Gasteiger partial charge on any atom is -0.491 e. The zero-order valence-corrected chi connectivity index (χ0v) is 15.6. The van der Waals surface area contributed by atoms with Crippen LogP contribution in [0.2, 0.25) is 0 Å². The van der Waals surface area contributed by atoms with E-state index in [0.29, 0.717) is 0 Å². The Hall–Kier alpha value is -3.63. The molecule has 8 nitrogen and oxygen atoms in total. The standard InChI is InChI=1S/C19H16F3N3O5/c1-18(12-4-2-5-13(10-12)19(20,21)22)16(26)24(17(27)23-18)8-9-30-15-7-3-6-14(11-15)25(28)29/h2-7,10-11H,8-9H2,1H3,(H,23,27). The van der Waals surface area contributed by atoms with Gasteiger partial charge in [0.2, 0.25) is 0 Å². The molecule has 0 aromatic heterocycles. The summed E-state index contributed by atoms with van der Waals surface area (Å²) >= 11 is 0. The number of ether oxygens (including phenoxy) is 1. The number of hydrogen-bond acceptors (Lipinski definition) is 5. The van der Waals surface area contributed by atoms with E-state index in [1.54, 1.807) is 0 Å². The molecule has 0 spiro atoms. The van der Waals surface area contributed by atoms with Crippen molar-refractivity contribution in [3.8, 4) is 5.75 Å². The van der Waals surface area contributed by atoms with E-state index in [4.69, 9.17) is 4.74 Å². The molecule has 2 aromatic rings. The van der Waals surface area contributed by atoms with Crippen LogP contribution in [0.25, 0.3) is 0 Å². The molecule has 1 heterocycles. The largest absolute Gasteiger partial charge is 0.491 e. The molecule has 0 radical (unpaired) electrons. The molecule has 30 heavy (non-hydrogen) atoms. The van der Waals surface area contributed by atoms with Gasteiger partial charge >= 0.3 is 12.2 Å². The number of benzene rings is 2. The minimum absolute atomic E-state index is 0.00206. The molecular weight excluding hydrogens is 407 g/mol. The highest BCUT2D eigenvalue weighted by molar-refractivity contribution is 6.07. The Balaban J connectivity index is 1.72. The van der Waals surface area contributed by atoms with Gasteiger partial charge in [-0.3, -0.25) is 19.8 Å². The van der Waals surface area contributed by atoms with Crippen molar-refractivity contribution in [3.05, 3.63) is 69.8 Å². The van der Waals surface area contributed by atoms with E-state index in [2.05, 4.69) is 5.32 Å². The number of imide groups is 1. The number of non-ortho nitro benzene ring substituents is 1. The molecule has 3 amide bonds. The molecule has 1 unspecified atom stereocenters. The number of urea groups is 1. The molecule has 0 saturated carbocycles. The quantitative estimate of drug-likeness (QED) is 0.436. The van der Waals surface area contributed by atoms with Crippen LogP contribution in [-0.4, -0.2) is 34.9 Å². The summed E-state index contributed by atoms with van der Waals surface area (Å²) in [5, 5.41) is 13.2. The van der Waals surface area contributed by atoms with E-state index >= 15 is 0 Å². The normalized spacial score (nSPS) is 19.0. The third kappa shape index (κ3) is 4.04. The lowest BCUT2D eigenvalue weighted by Gasteiger charge is -2.23. The average Bonchev–Trinajstić information content (AvgIpc) is 2.91. The number of hydrogen-bond donors (Lipinski definition) is 1. The number of alkyl halides is 3. The molecule has 3 rings (SSSR count). The van der Waals surface area contributed by atoms with Gasteiger partial charge < -0.3 is 10.1 Å². The number of nitro groups is 1. The van der Waals surface area contributed by atoms with Crippen molar-refractivity contribution in [3.63, 3.8) is 0 Å². The molecule has 2 aromatic carbocycles. The molecule has 1 saturated heterocycles. The van der Waals surface area contributed by atoms with Gasteiger partial charge in [-0.2, -0.15) is 13.2 Å². The molecular formula is C19H16F3N3O5. The fourth-order valence-electron chi connectivity index (χ4n) is 3.04. The van der Waals surface area contributed by atoms with Crippen molar-refractivity contribution in [2.45, 2.75) is 18.6 Å². The van der Waals surface area contributed by atoms with Crippen molar-refractivity contribution < 1.29 is 32.4 Å². The van der Waals surface area contributed by atoms with Crippen LogP contribution in [0.1, 0.15) is 18.1 Å². The highest BCUT2D eigenvalue weighted by Crippen LogP contribution is 2.34. The Morgan fingerprint density at radius 1 is 1.17 bits per heavy atom. The van der Waals surface area contributed by atoms with Crippen molar-refractivity contribution in [1.82, 2.24) is 10.2 Å². The Bertz CT molecular complexity index is 1010. The number of carbonyl (C=O) groups excluding carboxylic acids is 2. The number of nitro benzene ring substituents is 1. The van der Waals surface area contributed by atoms with Gasteiger partial charge in [-0.25, -0.2) is 4.79 Å². The van der Waals surface area contributed by atoms with Gasteiger partial charge in [-0.05, 0) is 30.7 Å². The maximum atomic E-state index is 13.0. The summed E-state index contributed by atoms with van der Waals surface area (Å²) in [6.45, 7) is 0.977. The predicted molar refractivity (Wildman–Crippen MR) is 97.6 cm³/mol. The van der Waals surface area contributed by atoms with Crippen molar-refractivity contribution in [2.75, 3.05) is 13.2 Å². The Kier molecular flexibility index (Phi) is 5.38. The number of amides is 3. The lowest BCUT2D eigenvalue weighted by molar-refractivity contribution is -0.384. The van der Waals surface area contributed by atoms with Crippen LogP contribution in [0.5, 0.6) is 5.75 Å². The molecule has 1 atom stereocenters. The van der Waals surface area contributed by atoms with Crippen LogP contribution < -0.4 is 10.1 Å². The van der Waals surface area contributed by atoms with Crippen LogP contribution >= 0.6 is 0 Å². The van der Waals surface area contributed by atoms with Crippen molar-refractivity contribution >= 4 is 17.6 Å². The van der Waals surface area contributed by atoms with E-state index in [0.717, 1.165) is 23.1 Å². The number of nitrogens with zero attached hydrogens (tertiary/aromatic N) is 2. The molecule has 1 aliphatic heterocycles. The zero-order valence-electron chi connectivity index (χ0n) is 15.6. The summed E-state index contributed by atoms with van der Waals surface area (Å²) in [6, 6.07) is 8.79. The van der Waals surface area contributed by atoms with Crippen molar-refractivity contribution in [2.24, 2.45) is 0 Å². The lowest BCUT2D eigenvalue weighted by atomic mass is 9.90. The number of rotatable bonds is 6. The van der Waals surface area contributed by atoms with Crippen LogP contribution in [0.3, 0.4) is 0 Å². The highest BCUT2D eigenvalue weighted by Gasteiger charge is 2.49. The molecule has 1 fully saturated rings. The average molecular weight is 423 g/mol. The molecule has 0 aliphatic carbocycles. The lowest BCUT2D eigenvalue weighted by Crippen LogP contribution is -2.41. The minimum atomic E-state index is -4.59. The van der Waals surface area contributed by atoms with Gasteiger partial charge in [0, 0.05) is 6.07 Å². The SMILES string of the molecule is CC1(c2cccc(C(F)(F)F)c2)NC(=O)N(CCOc2cccc([N+](=O)[O-])c2)C1=O. The first kappa shape index (κ1) is 21.1. The third-order valence-electron chi connectivity index (χ3n) is 4.65. The molecule has 0 bridgehead atoms. The van der Waals surface area contributed by atoms with Crippen LogP contribution in [-0.2, 0) is 16.5 Å². The van der Waals surface area contributed by atoms with E-state index in [9.17, 15) is 32.9 Å². The van der Waals surface area contributed by atoms with Crippen molar-refractivity contribution in [1.29, 1.82) is 0 Å². The Morgan fingerprint density at radius 2 is 1.87 bits per heavy atom. The molecule has 1 aliphatic rings. The second-order valence-electron chi connectivity index (χ2n) is 6.69. The monoisotopic (exact) mass is 423 g/mol. The first-order valence-corrected chi connectivity index (χ1v) is 8.71. The first-order valence-electron chi connectivity index (χ1n) is 8.71. The summed E-state index contributed by atoms with van der Waals surface area (Å²) < 4.78 is 44.4. The van der Waals surface area contributed by atoms with E-state index < -0.39 is 34.1 Å². The second-order valence-corrected chi connectivity index (χ2v) is 6.69. The van der Waals surface area contributed by atoms with Gasteiger partial charge in [0.05, 0.1) is 23.1 Å². The fraction of sp³-hybridized carbons (Fsp3) is 0.263. The summed E-state index contributed by atoms with van der Waals surface area (Å²) in [7, 11) is 0. The third-order valence-corrected chi connectivity index (χ3v) is 4.65. The van der Waals surface area contributed by atoms with Crippen LogP contribution in [0, 0.1) is 10.1 Å². The number of halogens is 3. The van der Waals surface area contributed by atoms with E-state index in [1.807, 2.05) is 0 Å². The van der Waals surface area contributed by atoms with E-state index in [1.165, 1.54) is 37.3 Å². The van der Waals surface area contributed by atoms with Crippen LogP contribution in [0.15, 0.2) is 48.5 Å². The van der Waals surface area contributed by atoms with E-state index in [-0.39, 0.29) is 30.2 Å². The van der Waals surface area contributed by atoms with Crippen LogP contribution in [0.4, 0.5) is 23.7 Å².